The molecule has 9 nitrogen and oxygen atoms in total. The average Bonchev–Trinajstić information content (AvgIpc) is 3.65. The summed E-state index contributed by atoms with van der Waals surface area (Å²) in [5.74, 6) is 0.827. The van der Waals surface area contributed by atoms with Crippen LogP contribution in [0, 0.1) is 0 Å². The Balaban J connectivity index is 1.35. The Hall–Kier alpha value is -3.62. The molecule has 2 aromatic heterocycles. The summed E-state index contributed by atoms with van der Waals surface area (Å²) in [6, 6.07) is 24.6. The molecular formula is C39H53N5O4Si2. The fraction of sp³-hybridized carbons (Fsp3) is 0.462. The predicted molar refractivity (Wildman–Crippen MR) is 207 cm³/mol. The number of nitrogens with zero attached hydrogens (tertiary/aromatic N) is 4. The van der Waals surface area contributed by atoms with E-state index in [1.807, 2.05) is 53.1 Å². The molecule has 6 rings (SSSR count). The van der Waals surface area contributed by atoms with E-state index in [9.17, 15) is 0 Å². The van der Waals surface area contributed by atoms with E-state index in [0.29, 0.717) is 42.6 Å². The number of imidazole rings is 1. The van der Waals surface area contributed by atoms with Gasteiger partial charge in [-0.25, -0.2) is 4.98 Å². The highest BCUT2D eigenvalue weighted by Crippen LogP contribution is 2.43. The fourth-order valence-electron chi connectivity index (χ4n) is 5.59. The van der Waals surface area contributed by atoms with E-state index >= 15 is 0 Å². The topological polar surface area (TPSA) is 92.6 Å². The van der Waals surface area contributed by atoms with Crippen molar-refractivity contribution in [3.8, 4) is 5.88 Å². The second-order valence-electron chi connectivity index (χ2n) is 16.5. The van der Waals surface area contributed by atoms with Crippen molar-refractivity contribution in [2.45, 2.75) is 109 Å². The zero-order chi connectivity index (χ0) is 35.9. The summed E-state index contributed by atoms with van der Waals surface area (Å²) in [6.45, 7) is 23.6. The van der Waals surface area contributed by atoms with Crippen LogP contribution in [-0.2, 0) is 20.2 Å². The molecule has 1 aliphatic rings. The van der Waals surface area contributed by atoms with E-state index < -0.39 is 16.6 Å². The van der Waals surface area contributed by atoms with Crippen LogP contribution in [0.2, 0.25) is 36.3 Å². The van der Waals surface area contributed by atoms with E-state index in [1.165, 1.54) is 5.39 Å². The largest absolute Gasteiger partial charge is 0.471 e. The molecule has 1 fully saturated rings. The summed E-state index contributed by atoms with van der Waals surface area (Å²) in [6.07, 6.45) is 1.73. The lowest BCUT2D eigenvalue weighted by molar-refractivity contribution is -0.0383. The van der Waals surface area contributed by atoms with Crippen LogP contribution in [0.25, 0.3) is 21.9 Å². The molecule has 11 heteroatoms. The molecule has 0 aliphatic carbocycles. The second kappa shape index (κ2) is 13.8. The molecule has 0 unspecified atom stereocenters. The number of fused-ring (bicyclic) bond motifs is 2. The fourth-order valence-corrected chi connectivity index (χ4v) is 7.96. The second-order valence-corrected chi connectivity index (χ2v) is 26.1. The minimum atomic E-state index is -2.12. The van der Waals surface area contributed by atoms with Gasteiger partial charge in [0.05, 0.1) is 19.0 Å². The number of ether oxygens (including phenoxy) is 2. The van der Waals surface area contributed by atoms with Gasteiger partial charge in [0.15, 0.2) is 27.8 Å². The Kier molecular flexibility index (Phi) is 10.0. The third-order valence-corrected chi connectivity index (χ3v) is 19.8. The first kappa shape index (κ1) is 36.2. The summed E-state index contributed by atoms with van der Waals surface area (Å²) < 4.78 is 29.0. The van der Waals surface area contributed by atoms with Gasteiger partial charge < -0.3 is 23.6 Å². The van der Waals surface area contributed by atoms with Crippen molar-refractivity contribution in [3.05, 3.63) is 84.7 Å². The standard InChI is InChI=1S/C39H53N5O4Si2/c1-38(2,3)49(7,8)46-25-32-31(48-50(9,10)39(4,5)6)23-33(47-32)44-26-40-34-35(44)42-37(43-36(34)45-24-27-16-12-11-13-17-27)41-30-21-20-28-18-14-15-19-29(28)22-30/h11-22,26,31-33H,23-25H2,1-10H3,(H,41,42,43)/t31-,32+,33+/m0/s1. The van der Waals surface area contributed by atoms with Crippen LogP contribution in [0.1, 0.15) is 59.8 Å². The highest BCUT2D eigenvalue weighted by atomic mass is 28.4. The van der Waals surface area contributed by atoms with Gasteiger partial charge in [-0.3, -0.25) is 4.57 Å². The van der Waals surface area contributed by atoms with E-state index in [4.69, 9.17) is 33.3 Å². The van der Waals surface area contributed by atoms with E-state index in [0.717, 1.165) is 16.6 Å². The van der Waals surface area contributed by atoms with Crippen LogP contribution in [-0.4, -0.2) is 55.0 Å². The van der Waals surface area contributed by atoms with Gasteiger partial charge in [-0.1, -0.05) is 102 Å². The van der Waals surface area contributed by atoms with Gasteiger partial charge in [-0.05, 0) is 64.7 Å². The lowest BCUT2D eigenvalue weighted by Gasteiger charge is -2.40. The third-order valence-electron chi connectivity index (χ3n) is 10.8. The maximum absolute atomic E-state index is 7.06. The molecule has 266 valence electrons. The van der Waals surface area contributed by atoms with Crippen LogP contribution >= 0.6 is 0 Å². The highest BCUT2D eigenvalue weighted by molar-refractivity contribution is 6.74. The van der Waals surface area contributed by atoms with Crippen molar-refractivity contribution < 1.29 is 18.3 Å². The van der Waals surface area contributed by atoms with Crippen LogP contribution in [0.3, 0.4) is 0 Å². The number of anilines is 2. The average molecular weight is 712 g/mol. The van der Waals surface area contributed by atoms with Crippen LogP contribution in [0.4, 0.5) is 11.6 Å². The van der Waals surface area contributed by atoms with Crippen molar-refractivity contribution in [1.29, 1.82) is 0 Å². The molecule has 50 heavy (non-hydrogen) atoms. The first-order valence-electron chi connectivity index (χ1n) is 17.7. The quantitative estimate of drug-likeness (QED) is 0.135. The summed E-state index contributed by atoms with van der Waals surface area (Å²) in [5, 5.41) is 5.87. The predicted octanol–water partition coefficient (Wildman–Crippen LogP) is 10.0. The van der Waals surface area contributed by atoms with Crippen molar-refractivity contribution in [2.24, 2.45) is 0 Å². The Morgan fingerprint density at radius 3 is 2.22 bits per heavy atom. The zero-order valence-corrected chi connectivity index (χ0v) is 33.3. The van der Waals surface area contributed by atoms with E-state index in [1.54, 1.807) is 6.33 Å². The molecule has 0 bridgehead atoms. The number of aromatic nitrogens is 4. The minimum absolute atomic E-state index is 0.0547. The molecule has 3 aromatic carbocycles. The van der Waals surface area contributed by atoms with Crippen molar-refractivity contribution in [1.82, 2.24) is 19.5 Å². The molecule has 0 spiro atoms. The van der Waals surface area contributed by atoms with Crippen LogP contribution in [0.15, 0.2) is 79.1 Å². The van der Waals surface area contributed by atoms with Crippen molar-refractivity contribution in [3.63, 3.8) is 0 Å². The lowest BCUT2D eigenvalue weighted by Crippen LogP contribution is -2.48. The molecule has 1 N–H and O–H groups in total. The molecule has 5 aromatic rings. The smallest absolute Gasteiger partial charge is 0.247 e. The maximum atomic E-state index is 7.06. The summed E-state index contributed by atoms with van der Waals surface area (Å²) in [5.41, 5.74) is 3.13. The minimum Gasteiger partial charge on any atom is -0.471 e. The molecule has 0 amide bonds. The van der Waals surface area contributed by atoms with Gasteiger partial charge >= 0.3 is 0 Å². The number of hydrogen-bond donors (Lipinski definition) is 1. The highest BCUT2D eigenvalue weighted by Gasteiger charge is 2.47. The lowest BCUT2D eigenvalue weighted by atomic mass is 10.1. The van der Waals surface area contributed by atoms with Crippen LogP contribution < -0.4 is 10.1 Å². The molecule has 3 heterocycles. The Morgan fingerprint density at radius 2 is 1.52 bits per heavy atom. The molecular weight excluding hydrogens is 659 g/mol. The van der Waals surface area contributed by atoms with Crippen molar-refractivity contribution in [2.75, 3.05) is 11.9 Å². The third kappa shape index (κ3) is 7.82. The first-order chi connectivity index (χ1) is 23.5. The van der Waals surface area contributed by atoms with Gasteiger partial charge in [0.1, 0.15) is 18.9 Å². The normalized spacial score (nSPS) is 19.0. The Morgan fingerprint density at radius 1 is 0.840 bits per heavy atom. The maximum Gasteiger partial charge on any atom is 0.247 e. The van der Waals surface area contributed by atoms with E-state index in [2.05, 4.69) is 97.3 Å². The van der Waals surface area contributed by atoms with Gasteiger partial charge in [0.2, 0.25) is 11.8 Å². The SMILES string of the molecule is CC(C)(C)[Si](C)(C)OC[C@H]1O[C@@H](n2cnc3c(OCc4ccccc4)nc(Nc4ccc5ccccc5c4)nc32)C[C@@H]1O[Si](C)(C)C(C)(C)C. The molecule has 1 saturated heterocycles. The Bertz CT molecular complexity index is 1930. The van der Waals surface area contributed by atoms with Crippen LogP contribution in [0.5, 0.6) is 5.88 Å². The molecule has 1 aliphatic heterocycles. The molecule has 0 radical (unpaired) electrons. The van der Waals surface area contributed by atoms with E-state index in [-0.39, 0.29) is 28.5 Å². The summed E-state index contributed by atoms with van der Waals surface area (Å²) >= 11 is 0. The summed E-state index contributed by atoms with van der Waals surface area (Å²) in [7, 11) is -4.14. The summed E-state index contributed by atoms with van der Waals surface area (Å²) in [4.78, 5) is 14.6. The first-order valence-corrected chi connectivity index (χ1v) is 23.5. The Labute approximate surface area is 299 Å². The van der Waals surface area contributed by atoms with Gasteiger partial charge in [-0.15, -0.1) is 0 Å². The molecule has 0 saturated carbocycles. The number of hydrogen-bond acceptors (Lipinski definition) is 8. The van der Waals surface area contributed by atoms with Crippen molar-refractivity contribution >= 4 is 50.2 Å². The number of nitrogens with one attached hydrogen (secondary N) is 1. The monoisotopic (exact) mass is 711 g/mol. The number of rotatable bonds is 11. The number of benzene rings is 3. The zero-order valence-electron chi connectivity index (χ0n) is 31.3. The van der Waals surface area contributed by atoms with Gasteiger partial charge in [-0.2, -0.15) is 9.97 Å². The van der Waals surface area contributed by atoms with Gasteiger partial charge in [0, 0.05) is 12.1 Å². The van der Waals surface area contributed by atoms with Gasteiger partial charge in [0.25, 0.3) is 0 Å². The molecule has 3 atom stereocenters.